The molecule has 0 aliphatic carbocycles. The van der Waals surface area contributed by atoms with Gasteiger partial charge in [-0.15, -0.1) is 24.2 Å². The van der Waals surface area contributed by atoms with Gasteiger partial charge in [0, 0.05) is 22.8 Å². The lowest BCUT2D eigenvalue weighted by atomic mass is 10.1. The molecule has 0 radical (unpaired) electrons. The second kappa shape index (κ2) is 4.68. The van der Waals surface area contributed by atoms with Gasteiger partial charge >= 0.3 is 0 Å². The Kier molecular flexibility index (Phi) is 3.82. The molecule has 0 atom stereocenters. The van der Waals surface area contributed by atoms with Crippen LogP contribution in [0.2, 0.25) is 0 Å². The molecule has 0 aliphatic rings. The minimum absolute atomic E-state index is 0.139. The molecule has 13 heavy (non-hydrogen) atoms. The molecule has 3 heteroatoms. The van der Waals surface area contributed by atoms with Gasteiger partial charge in [-0.1, -0.05) is 13.0 Å². The third kappa shape index (κ3) is 2.48. The number of carbonyl (C=O) groups excluding carboxylic acids is 1. The Morgan fingerprint density at radius 2 is 2.23 bits per heavy atom. The summed E-state index contributed by atoms with van der Waals surface area (Å²) in [5, 5.41) is 0. The average Bonchev–Trinajstić information content (AvgIpc) is 2.17. The molecule has 0 fully saturated rings. The summed E-state index contributed by atoms with van der Waals surface area (Å²) in [6.07, 6.45) is 0.521. The van der Waals surface area contributed by atoms with Crippen LogP contribution in [0.5, 0.6) is 0 Å². The zero-order valence-electron chi connectivity index (χ0n) is 7.38. The Balaban J connectivity index is 3.06. The van der Waals surface area contributed by atoms with E-state index in [1.807, 2.05) is 13.0 Å². The van der Waals surface area contributed by atoms with Gasteiger partial charge in [0.2, 0.25) is 0 Å². The van der Waals surface area contributed by atoms with Crippen LogP contribution in [0, 0.1) is 0 Å². The van der Waals surface area contributed by atoms with Crippen LogP contribution < -0.4 is 0 Å². The quantitative estimate of drug-likeness (QED) is 0.464. The molecule has 0 aliphatic heterocycles. The lowest BCUT2D eigenvalue weighted by Crippen LogP contribution is -1.97. The molecule has 0 unspecified atom stereocenters. The van der Waals surface area contributed by atoms with Gasteiger partial charge in [-0.2, -0.15) is 0 Å². The monoisotopic (exact) mass is 214 g/mol. The Hall–Kier alpha value is -0.470. The molecule has 1 aromatic carbocycles. The molecule has 0 heterocycles. The number of halogens is 1. The Bertz CT molecular complexity index is 323. The van der Waals surface area contributed by atoms with Gasteiger partial charge < -0.3 is 0 Å². The maximum Gasteiger partial charge on any atom is 0.162 e. The van der Waals surface area contributed by atoms with Crippen LogP contribution in [0.15, 0.2) is 23.1 Å². The third-order valence-corrected chi connectivity index (χ3v) is 2.59. The van der Waals surface area contributed by atoms with Crippen LogP contribution in [-0.2, 0) is 5.88 Å². The molecule has 0 bridgehead atoms. The summed E-state index contributed by atoms with van der Waals surface area (Å²) in [6, 6.07) is 5.40. The smallest absolute Gasteiger partial charge is 0.162 e. The van der Waals surface area contributed by atoms with Crippen LogP contribution in [0.1, 0.15) is 29.3 Å². The van der Waals surface area contributed by atoms with Gasteiger partial charge in [0.05, 0.1) is 0 Å². The van der Waals surface area contributed by atoms with E-state index in [0.29, 0.717) is 12.3 Å². The van der Waals surface area contributed by atoms with Crippen molar-refractivity contribution in [1.82, 2.24) is 0 Å². The first-order chi connectivity index (χ1) is 6.19. The number of thiol groups is 1. The van der Waals surface area contributed by atoms with Crippen molar-refractivity contribution < 1.29 is 4.79 Å². The van der Waals surface area contributed by atoms with Crippen LogP contribution in [-0.4, -0.2) is 5.78 Å². The van der Waals surface area contributed by atoms with E-state index in [0.717, 1.165) is 16.0 Å². The lowest BCUT2D eigenvalue weighted by molar-refractivity contribution is 0.0988. The molecule has 0 spiro atoms. The molecule has 0 saturated carbocycles. The predicted molar refractivity (Wildman–Crippen MR) is 57.9 cm³/mol. The minimum atomic E-state index is 0.139. The first-order valence-electron chi connectivity index (χ1n) is 4.10. The highest BCUT2D eigenvalue weighted by Gasteiger charge is 2.05. The van der Waals surface area contributed by atoms with E-state index in [-0.39, 0.29) is 5.78 Å². The van der Waals surface area contributed by atoms with Gasteiger partial charge in [0.25, 0.3) is 0 Å². The number of ketones is 1. The SMILES string of the molecule is CCC(=O)c1ccc(S)c(CCl)c1. The second-order valence-corrected chi connectivity index (χ2v) is 3.50. The van der Waals surface area contributed by atoms with Gasteiger partial charge in [-0.3, -0.25) is 4.79 Å². The molecular weight excluding hydrogens is 204 g/mol. The number of carbonyl (C=O) groups is 1. The molecule has 1 rings (SSSR count). The van der Waals surface area contributed by atoms with Crippen LogP contribution in [0.4, 0.5) is 0 Å². The van der Waals surface area contributed by atoms with Crippen molar-refractivity contribution in [2.24, 2.45) is 0 Å². The minimum Gasteiger partial charge on any atom is -0.294 e. The number of rotatable bonds is 3. The fourth-order valence-corrected chi connectivity index (χ4v) is 1.60. The van der Waals surface area contributed by atoms with Gasteiger partial charge in [-0.05, 0) is 17.7 Å². The molecule has 70 valence electrons. The molecule has 1 aromatic rings. The first kappa shape index (κ1) is 10.6. The van der Waals surface area contributed by atoms with Gasteiger partial charge in [-0.25, -0.2) is 0 Å². The lowest BCUT2D eigenvalue weighted by Gasteiger charge is -2.03. The molecule has 0 amide bonds. The fourth-order valence-electron chi connectivity index (χ4n) is 1.07. The number of Topliss-reactive ketones (excluding diaryl/α,β-unsaturated/α-hetero) is 1. The Labute approximate surface area is 88.5 Å². The van der Waals surface area contributed by atoms with E-state index in [9.17, 15) is 4.79 Å². The third-order valence-electron chi connectivity index (χ3n) is 1.87. The standard InChI is InChI=1S/C10H11ClOS/c1-2-9(12)7-3-4-10(13)8(5-7)6-11/h3-5,13H,2,6H2,1H3. The zero-order valence-corrected chi connectivity index (χ0v) is 9.03. The van der Waals surface area contributed by atoms with E-state index in [1.165, 1.54) is 0 Å². The topological polar surface area (TPSA) is 17.1 Å². The van der Waals surface area contributed by atoms with Crippen molar-refractivity contribution in [1.29, 1.82) is 0 Å². The zero-order chi connectivity index (χ0) is 9.84. The van der Waals surface area contributed by atoms with Crippen molar-refractivity contribution in [3.8, 4) is 0 Å². The number of hydrogen-bond acceptors (Lipinski definition) is 2. The summed E-state index contributed by atoms with van der Waals surface area (Å²) in [6.45, 7) is 1.84. The fraction of sp³-hybridized carbons (Fsp3) is 0.300. The maximum absolute atomic E-state index is 11.3. The highest BCUT2D eigenvalue weighted by atomic mass is 35.5. The molecule has 1 nitrogen and oxygen atoms in total. The van der Waals surface area contributed by atoms with Crippen LogP contribution >= 0.6 is 24.2 Å². The Morgan fingerprint density at radius 1 is 1.54 bits per heavy atom. The van der Waals surface area contributed by atoms with E-state index in [4.69, 9.17) is 11.6 Å². The van der Waals surface area contributed by atoms with E-state index < -0.39 is 0 Å². The first-order valence-corrected chi connectivity index (χ1v) is 5.08. The van der Waals surface area contributed by atoms with E-state index in [1.54, 1.807) is 12.1 Å². The summed E-state index contributed by atoms with van der Waals surface area (Å²) in [7, 11) is 0. The van der Waals surface area contributed by atoms with Gasteiger partial charge in [0.1, 0.15) is 0 Å². The van der Waals surface area contributed by atoms with Crippen molar-refractivity contribution in [3.05, 3.63) is 29.3 Å². The molecular formula is C10H11ClOS. The number of hydrogen-bond donors (Lipinski definition) is 1. The second-order valence-electron chi connectivity index (χ2n) is 2.75. The summed E-state index contributed by atoms with van der Waals surface area (Å²) in [5.74, 6) is 0.531. The summed E-state index contributed by atoms with van der Waals surface area (Å²) >= 11 is 9.92. The highest BCUT2D eigenvalue weighted by molar-refractivity contribution is 7.80. The van der Waals surface area contributed by atoms with E-state index >= 15 is 0 Å². The summed E-state index contributed by atoms with van der Waals surface area (Å²) in [5.41, 5.74) is 1.63. The largest absolute Gasteiger partial charge is 0.294 e. The summed E-state index contributed by atoms with van der Waals surface area (Å²) in [4.78, 5) is 12.2. The van der Waals surface area contributed by atoms with Gasteiger partial charge in [0.15, 0.2) is 5.78 Å². The van der Waals surface area contributed by atoms with E-state index in [2.05, 4.69) is 12.6 Å². The van der Waals surface area contributed by atoms with Crippen LogP contribution in [0.3, 0.4) is 0 Å². The molecule has 0 N–H and O–H groups in total. The number of alkyl halides is 1. The van der Waals surface area contributed by atoms with Crippen molar-refractivity contribution >= 4 is 30.0 Å². The van der Waals surface area contributed by atoms with Crippen molar-refractivity contribution in [2.75, 3.05) is 0 Å². The predicted octanol–water partition coefficient (Wildman–Crippen LogP) is 3.31. The van der Waals surface area contributed by atoms with Crippen molar-refractivity contribution in [3.63, 3.8) is 0 Å². The summed E-state index contributed by atoms with van der Waals surface area (Å²) < 4.78 is 0. The molecule has 0 aromatic heterocycles. The maximum atomic E-state index is 11.3. The Morgan fingerprint density at radius 3 is 2.77 bits per heavy atom. The normalized spacial score (nSPS) is 10.1. The van der Waals surface area contributed by atoms with Crippen LogP contribution in [0.25, 0.3) is 0 Å². The van der Waals surface area contributed by atoms with Crippen molar-refractivity contribution in [2.45, 2.75) is 24.1 Å². The number of benzene rings is 1. The highest BCUT2D eigenvalue weighted by Crippen LogP contribution is 2.18. The molecule has 0 saturated heterocycles. The average molecular weight is 215 g/mol.